The highest BCUT2D eigenvalue weighted by molar-refractivity contribution is 6.37. The Balaban J connectivity index is 1.08. The Morgan fingerprint density at radius 1 is 0.333 bits per heavy atom. The van der Waals surface area contributed by atoms with Crippen molar-refractivity contribution in [2.45, 2.75) is 204 Å². The number of aromatic nitrogens is 2. The Kier molecular flexibility index (Phi) is 18.3. The first-order valence-electron chi connectivity index (χ1n) is 33.0. The molecule has 2 heterocycles. The molecule has 0 radical (unpaired) electrons. The van der Waals surface area contributed by atoms with Crippen molar-refractivity contribution in [3.8, 4) is 56.6 Å². The normalized spacial score (nSPS) is 13.4. The van der Waals surface area contributed by atoms with Crippen molar-refractivity contribution in [2.24, 2.45) is 10.8 Å². The van der Waals surface area contributed by atoms with Crippen molar-refractivity contribution in [3.63, 3.8) is 0 Å². The molecule has 93 heavy (non-hydrogen) atoms. The van der Waals surface area contributed by atoms with Crippen LogP contribution in [0.25, 0.3) is 77.2 Å². The largest absolute Gasteiger partial charge is 0.505 e. The van der Waals surface area contributed by atoms with Crippen LogP contribution in [0, 0.1) is 10.8 Å². The van der Waals surface area contributed by atoms with Crippen LogP contribution in [0.15, 0.2) is 121 Å². The minimum atomic E-state index is -0.358. The van der Waals surface area contributed by atoms with Gasteiger partial charge < -0.3 is 28.8 Å². The van der Waals surface area contributed by atoms with Crippen molar-refractivity contribution in [3.05, 3.63) is 175 Å². The third kappa shape index (κ3) is 14.2. The van der Waals surface area contributed by atoms with Gasteiger partial charge in [-0.1, -0.05) is 247 Å². The van der Waals surface area contributed by atoms with Crippen LogP contribution in [0.3, 0.4) is 0 Å². The van der Waals surface area contributed by atoms with Crippen molar-refractivity contribution in [2.75, 3.05) is 13.2 Å². The highest BCUT2D eigenvalue weighted by Crippen LogP contribution is 2.53. The summed E-state index contributed by atoms with van der Waals surface area (Å²) in [5, 5.41) is 32.3. The molecule has 0 bridgehead atoms. The van der Waals surface area contributed by atoms with Crippen molar-refractivity contribution in [1.29, 1.82) is 0 Å². The number of hydrogen-bond acceptors (Lipinski definition) is 4. The number of phenolic OH excluding ortho intramolecular Hbond substituents is 2. The maximum atomic E-state index is 13.3. The average molecular weight is 1330 g/mol. The fourth-order valence-electron chi connectivity index (χ4n) is 14.3. The Bertz CT molecular complexity index is 4120. The molecule has 0 amide bonds. The van der Waals surface area contributed by atoms with E-state index in [2.05, 4.69) is 259 Å². The van der Waals surface area contributed by atoms with Crippen LogP contribution < -0.4 is 9.47 Å². The maximum absolute atomic E-state index is 13.3. The average Bonchev–Trinajstić information content (AvgIpc) is 1.62. The van der Waals surface area contributed by atoms with Crippen LogP contribution in [0.2, 0.25) is 20.1 Å². The molecule has 2 aromatic heterocycles. The van der Waals surface area contributed by atoms with E-state index in [1.165, 1.54) is 22.3 Å². The highest BCUT2D eigenvalue weighted by atomic mass is 35.5. The first kappa shape index (κ1) is 69.5. The Labute approximate surface area is 574 Å². The molecular weight excluding hydrogens is 1230 g/mol. The number of phenols is 2. The lowest BCUT2D eigenvalue weighted by atomic mass is 9.71. The summed E-state index contributed by atoms with van der Waals surface area (Å²) in [7, 11) is 0. The summed E-state index contributed by atoms with van der Waals surface area (Å²) >= 11 is 28.6. The van der Waals surface area contributed by atoms with E-state index in [1.807, 2.05) is 12.1 Å². The number of aromatic hydroxyl groups is 2. The number of hydrogen-bond donors (Lipinski definition) is 2. The second kappa shape index (κ2) is 24.4. The Hall–Kier alpha value is -6.28. The van der Waals surface area contributed by atoms with Gasteiger partial charge in [-0.25, -0.2) is 0 Å². The minimum absolute atomic E-state index is 0.0260. The molecule has 6 nitrogen and oxygen atoms in total. The number of rotatable bonds is 14. The van der Waals surface area contributed by atoms with E-state index < -0.39 is 0 Å². The van der Waals surface area contributed by atoms with Gasteiger partial charge in [0.25, 0.3) is 0 Å². The molecule has 2 N–H and O–H groups in total. The number of benzene rings is 8. The Morgan fingerprint density at radius 2 is 0.613 bits per heavy atom. The standard InChI is InChI=1S/C83H98Cl4N2O4/c1-76(2,3)46-82(19,20)52-34-60(72(90)70(40-52)88-66-36-48(78(7,8)9)24-28-56(66)57-29-25-49(37-67(57)88)79(10,11)12)62-42-54(84)44-64(86)74(62)92-32-23-33-93-75-63(43-55(85)45-65(75)87)61-35-53(83(21,22)47-77(4,5)6)41-71(73(61)91)89-68-38-50(80(13,14)15)26-30-58(68)59-31-27-51(39-69(59)89)81(16,17)18/h24-31,34-45,90-91H,23,32-33,46-47H2,1-22H3. The smallest absolute Gasteiger partial charge is 0.147 e. The van der Waals surface area contributed by atoms with Gasteiger partial charge in [-0.3, -0.25) is 0 Å². The number of nitrogens with zero attached hydrogens (tertiary/aromatic N) is 2. The van der Waals surface area contributed by atoms with Crippen molar-refractivity contribution >= 4 is 90.0 Å². The fourth-order valence-corrected chi connectivity index (χ4v) is 15.4. The molecule has 10 heteroatoms. The summed E-state index contributed by atoms with van der Waals surface area (Å²) in [6.45, 7) is 49.9. The predicted octanol–water partition coefficient (Wildman–Crippen LogP) is 25.7. The quantitative estimate of drug-likeness (QED) is 0.106. The molecule has 10 aromatic rings. The van der Waals surface area contributed by atoms with Gasteiger partial charge >= 0.3 is 0 Å². The van der Waals surface area contributed by atoms with Crippen LogP contribution in [0.5, 0.6) is 23.0 Å². The van der Waals surface area contributed by atoms with Gasteiger partial charge in [0.1, 0.15) is 23.0 Å². The monoisotopic (exact) mass is 1330 g/mol. The van der Waals surface area contributed by atoms with E-state index in [0.717, 1.165) is 67.6 Å². The van der Waals surface area contributed by atoms with E-state index in [1.54, 1.807) is 12.1 Å². The zero-order chi connectivity index (χ0) is 68.4. The molecule has 0 aliphatic heterocycles. The van der Waals surface area contributed by atoms with Crippen LogP contribution in [-0.4, -0.2) is 32.6 Å². The summed E-state index contributed by atoms with van der Waals surface area (Å²) in [6, 6.07) is 42.6. The first-order valence-corrected chi connectivity index (χ1v) is 34.5. The number of ether oxygens (including phenoxy) is 2. The van der Waals surface area contributed by atoms with Crippen LogP contribution >= 0.6 is 46.4 Å². The molecule has 0 unspecified atom stereocenters. The number of halogens is 4. The third-order valence-electron chi connectivity index (χ3n) is 18.5. The second-order valence-electron chi connectivity index (χ2n) is 34.2. The predicted molar refractivity (Wildman–Crippen MR) is 400 cm³/mol. The van der Waals surface area contributed by atoms with E-state index in [4.69, 9.17) is 55.9 Å². The molecule has 0 saturated heterocycles. The maximum Gasteiger partial charge on any atom is 0.147 e. The molecule has 0 fully saturated rings. The van der Waals surface area contributed by atoms with E-state index in [0.29, 0.717) is 71.6 Å². The lowest BCUT2D eigenvalue weighted by Crippen LogP contribution is -2.25. The summed E-state index contributed by atoms with van der Waals surface area (Å²) in [5.74, 6) is 0.907. The second-order valence-corrected chi connectivity index (χ2v) is 35.9. The SMILES string of the molecule is CC(C)(C)CC(C)(C)c1cc(-c2cc(Cl)cc(Cl)c2OCCCOc2c(Cl)cc(Cl)cc2-c2cc(C(C)(C)CC(C)(C)C)cc(-n3c4cc(C(C)(C)C)ccc4c4ccc(C(C)(C)C)cc43)c2O)c(O)c(-n2c3cc(C(C)(C)C)ccc3c3ccc(C(C)(C)C)cc32)c1. The molecule has 8 aromatic carbocycles. The highest BCUT2D eigenvalue weighted by Gasteiger charge is 2.35. The van der Waals surface area contributed by atoms with Gasteiger partial charge in [0.2, 0.25) is 0 Å². The summed E-state index contributed by atoms with van der Waals surface area (Å²) in [5.41, 5.74) is 13.0. The molecule has 10 rings (SSSR count). The van der Waals surface area contributed by atoms with Crippen LogP contribution in [0.4, 0.5) is 0 Å². The molecular formula is C83H98Cl4N2O4. The van der Waals surface area contributed by atoms with Gasteiger partial charge in [-0.05, 0) is 162 Å². The van der Waals surface area contributed by atoms with Gasteiger partial charge in [-0.15, -0.1) is 0 Å². The van der Waals surface area contributed by atoms with Crippen molar-refractivity contribution in [1.82, 2.24) is 9.13 Å². The van der Waals surface area contributed by atoms with Crippen LogP contribution in [-0.2, 0) is 32.5 Å². The fraction of sp³-hybridized carbons (Fsp3) is 0.422. The van der Waals surface area contributed by atoms with E-state index in [9.17, 15) is 10.2 Å². The van der Waals surface area contributed by atoms with Crippen LogP contribution in [0.1, 0.15) is 205 Å². The molecule has 0 saturated carbocycles. The van der Waals surface area contributed by atoms with Crippen molar-refractivity contribution < 1.29 is 19.7 Å². The summed E-state index contributed by atoms with van der Waals surface area (Å²) in [4.78, 5) is 0. The summed E-state index contributed by atoms with van der Waals surface area (Å²) in [6.07, 6.45) is 2.11. The van der Waals surface area contributed by atoms with E-state index >= 15 is 0 Å². The zero-order valence-corrected chi connectivity index (χ0v) is 62.2. The molecule has 0 atom stereocenters. The van der Waals surface area contributed by atoms with Gasteiger partial charge in [0.05, 0.1) is 56.7 Å². The molecule has 0 spiro atoms. The molecule has 492 valence electrons. The van der Waals surface area contributed by atoms with Gasteiger partial charge in [0.15, 0.2) is 0 Å². The summed E-state index contributed by atoms with van der Waals surface area (Å²) < 4.78 is 18.2. The lowest BCUT2D eigenvalue weighted by Gasteiger charge is -2.34. The number of fused-ring (bicyclic) bond motifs is 6. The minimum Gasteiger partial charge on any atom is -0.505 e. The first-order chi connectivity index (χ1) is 42.8. The zero-order valence-electron chi connectivity index (χ0n) is 59.2. The van der Waals surface area contributed by atoms with Gasteiger partial charge in [-0.2, -0.15) is 0 Å². The van der Waals surface area contributed by atoms with Gasteiger partial charge in [0, 0.05) is 60.3 Å². The Morgan fingerprint density at radius 3 is 0.871 bits per heavy atom. The molecule has 0 aliphatic rings. The molecule has 0 aliphatic carbocycles. The lowest BCUT2D eigenvalue weighted by molar-refractivity contribution is 0.248. The topological polar surface area (TPSA) is 68.8 Å². The third-order valence-corrected chi connectivity index (χ3v) is 19.5. The van der Waals surface area contributed by atoms with E-state index in [-0.39, 0.29) is 68.0 Å².